The van der Waals surface area contributed by atoms with E-state index in [1.807, 2.05) is 0 Å². The average molecular weight is 295 g/mol. The summed E-state index contributed by atoms with van der Waals surface area (Å²) in [6.45, 7) is -0.591. The number of rotatable bonds is 7. The van der Waals surface area contributed by atoms with Crippen molar-refractivity contribution in [2.45, 2.75) is 12.5 Å². The lowest BCUT2D eigenvalue weighted by molar-refractivity contribution is -0.122. The molecule has 0 radical (unpaired) electrons. The lowest BCUT2D eigenvalue weighted by atomic mass is 10.1. The summed E-state index contributed by atoms with van der Waals surface area (Å²) in [4.78, 5) is 11.5. The van der Waals surface area contributed by atoms with Crippen molar-refractivity contribution in [3.63, 3.8) is 0 Å². The van der Waals surface area contributed by atoms with Crippen LogP contribution in [0.25, 0.3) is 0 Å². The number of hydrogen-bond donors (Lipinski definition) is 1. The van der Waals surface area contributed by atoms with Gasteiger partial charge in [0, 0.05) is 19.8 Å². The molecule has 0 aromatic heterocycles. The second kappa shape index (κ2) is 7.20. The molecule has 0 aliphatic heterocycles. The van der Waals surface area contributed by atoms with E-state index < -0.39 is 47.5 Å². The predicted octanol–water partition coefficient (Wildman–Crippen LogP) is 1.55. The Bertz CT molecular complexity index is 470. The monoisotopic (exact) mass is 295 g/mol. The van der Waals surface area contributed by atoms with Gasteiger partial charge >= 0.3 is 0 Å². The first-order chi connectivity index (χ1) is 9.38. The summed E-state index contributed by atoms with van der Waals surface area (Å²) in [6.07, 6.45) is 0.182. The zero-order valence-electron chi connectivity index (χ0n) is 10.6. The fourth-order valence-corrected chi connectivity index (χ4v) is 1.33. The highest BCUT2D eigenvalue weighted by Gasteiger charge is 2.22. The van der Waals surface area contributed by atoms with E-state index in [2.05, 4.69) is 4.74 Å². The van der Waals surface area contributed by atoms with Gasteiger partial charge in [0.2, 0.25) is 11.6 Å². The molecular formula is C12H13F4NO3. The van der Waals surface area contributed by atoms with Crippen LogP contribution < -0.4 is 10.5 Å². The van der Waals surface area contributed by atoms with Gasteiger partial charge in [0.15, 0.2) is 23.2 Å². The van der Waals surface area contributed by atoms with E-state index in [1.54, 1.807) is 0 Å². The van der Waals surface area contributed by atoms with Crippen molar-refractivity contribution in [2.75, 3.05) is 20.3 Å². The van der Waals surface area contributed by atoms with E-state index >= 15 is 0 Å². The molecule has 1 rings (SSSR count). The van der Waals surface area contributed by atoms with Gasteiger partial charge < -0.3 is 15.2 Å². The molecule has 1 atom stereocenters. The Morgan fingerprint density at radius 1 is 1.25 bits per heavy atom. The number of ether oxygens (including phenoxy) is 2. The Morgan fingerprint density at radius 3 is 2.30 bits per heavy atom. The van der Waals surface area contributed by atoms with E-state index in [-0.39, 0.29) is 19.1 Å². The Hall–Kier alpha value is -1.67. The van der Waals surface area contributed by atoms with Crippen LogP contribution in [0, 0.1) is 23.3 Å². The van der Waals surface area contributed by atoms with E-state index in [4.69, 9.17) is 10.5 Å². The molecule has 0 aliphatic rings. The van der Waals surface area contributed by atoms with Crippen molar-refractivity contribution in [3.8, 4) is 5.75 Å². The van der Waals surface area contributed by atoms with Crippen LogP contribution in [0.15, 0.2) is 6.07 Å². The van der Waals surface area contributed by atoms with Gasteiger partial charge in [0.05, 0.1) is 6.04 Å². The number of carbonyl (C=O) groups is 1. The smallest absolute Gasteiger partial charge is 0.203 e. The minimum Gasteiger partial charge on any atom is -0.479 e. The minimum atomic E-state index is -1.71. The van der Waals surface area contributed by atoms with Crippen molar-refractivity contribution in [1.29, 1.82) is 0 Å². The molecule has 112 valence electrons. The van der Waals surface area contributed by atoms with Crippen LogP contribution in [0.2, 0.25) is 0 Å². The summed E-state index contributed by atoms with van der Waals surface area (Å²) < 4.78 is 61.4. The molecule has 1 unspecified atom stereocenters. The highest BCUT2D eigenvalue weighted by molar-refractivity contribution is 5.85. The Kier molecular flexibility index (Phi) is 5.90. The summed E-state index contributed by atoms with van der Waals surface area (Å²) in [5.74, 6) is -8.60. The summed E-state index contributed by atoms with van der Waals surface area (Å²) in [5, 5.41) is 0. The third-order valence-corrected chi connectivity index (χ3v) is 2.48. The third-order valence-electron chi connectivity index (χ3n) is 2.48. The van der Waals surface area contributed by atoms with Crippen molar-refractivity contribution in [2.24, 2.45) is 5.73 Å². The molecule has 0 amide bonds. The van der Waals surface area contributed by atoms with Crippen LogP contribution in [-0.4, -0.2) is 32.1 Å². The van der Waals surface area contributed by atoms with Gasteiger partial charge in [-0.2, -0.15) is 8.78 Å². The zero-order chi connectivity index (χ0) is 15.3. The summed E-state index contributed by atoms with van der Waals surface area (Å²) in [6, 6.07) is -0.914. The summed E-state index contributed by atoms with van der Waals surface area (Å²) >= 11 is 0. The third kappa shape index (κ3) is 3.91. The maximum atomic E-state index is 13.2. The van der Waals surface area contributed by atoms with Gasteiger partial charge in [-0.05, 0) is 6.42 Å². The number of Topliss-reactive ketones (excluding diaryl/α,β-unsaturated/α-hetero) is 1. The number of methoxy groups -OCH3 is 1. The van der Waals surface area contributed by atoms with Crippen molar-refractivity contribution in [1.82, 2.24) is 0 Å². The second-order valence-corrected chi connectivity index (χ2v) is 3.94. The van der Waals surface area contributed by atoms with Crippen molar-refractivity contribution < 1.29 is 31.8 Å². The number of nitrogens with two attached hydrogens (primary N) is 1. The molecule has 0 fully saturated rings. The molecule has 4 nitrogen and oxygen atoms in total. The molecule has 0 heterocycles. The number of halogens is 4. The van der Waals surface area contributed by atoms with Crippen LogP contribution >= 0.6 is 0 Å². The van der Waals surface area contributed by atoms with Gasteiger partial charge in [0.1, 0.15) is 6.61 Å². The standard InChI is InChI=1S/C12H13F4NO3/c1-19-3-2-8(17)9(18)5-20-12-10(15)6(13)4-7(14)11(12)16/h4,8H,2-3,5,17H2,1H3. The SMILES string of the molecule is COCCC(N)C(=O)COc1c(F)c(F)cc(F)c1F. The molecule has 1 aromatic carbocycles. The first-order valence-corrected chi connectivity index (χ1v) is 5.61. The topological polar surface area (TPSA) is 61.5 Å². The highest BCUT2D eigenvalue weighted by atomic mass is 19.2. The number of hydrogen-bond acceptors (Lipinski definition) is 4. The van der Waals surface area contributed by atoms with E-state index in [0.29, 0.717) is 0 Å². The van der Waals surface area contributed by atoms with Gasteiger partial charge in [0.25, 0.3) is 0 Å². The molecule has 0 saturated heterocycles. The Labute approximate surface area is 112 Å². The quantitative estimate of drug-likeness (QED) is 0.612. The molecule has 0 spiro atoms. The van der Waals surface area contributed by atoms with Crippen LogP contribution in [0.3, 0.4) is 0 Å². The van der Waals surface area contributed by atoms with Gasteiger partial charge in [-0.25, -0.2) is 8.78 Å². The molecule has 2 N–H and O–H groups in total. The number of carbonyl (C=O) groups excluding carboxylic acids is 1. The van der Waals surface area contributed by atoms with Crippen LogP contribution in [-0.2, 0) is 9.53 Å². The summed E-state index contributed by atoms with van der Waals surface area (Å²) in [5.41, 5.74) is 5.46. The molecule has 0 aliphatic carbocycles. The van der Waals surface area contributed by atoms with Crippen molar-refractivity contribution in [3.05, 3.63) is 29.3 Å². The van der Waals surface area contributed by atoms with Crippen LogP contribution in [0.1, 0.15) is 6.42 Å². The maximum Gasteiger partial charge on any atom is 0.203 e. The largest absolute Gasteiger partial charge is 0.479 e. The molecule has 1 aromatic rings. The maximum absolute atomic E-state index is 13.2. The fourth-order valence-electron chi connectivity index (χ4n) is 1.33. The molecule has 0 bridgehead atoms. The van der Waals surface area contributed by atoms with E-state index in [0.717, 1.165) is 0 Å². The Balaban J connectivity index is 2.73. The molecule has 20 heavy (non-hydrogen) atoms. The van der Waals surface area contributed by atoms with Crippen LogP contribution in [0.4, 0.5) is 17.6 Å². The van der Waals surface area contributed by atoms with Crippen molar-refractivity contribution >= 4 is 5.78 Å². The fraction of sp³-hybridized carbons (Fsp3) is 0.417. The first-order valence-electron chi connectivity index (χ1n) is 5.61. The summed E-state index contributed by atoms with van der Waals surface area (Å²) in [7, 11) is 1.41. The lowest BCUT2D eigenvalue weighted by Crippen LogP contribution is -2.35. The number of ketones is 1. The van der Waals surface area contributed by atoms with Gasteiger partial charge in [-0.3, -0.25) is 4.79 Å². The molecule has 0 saturated carbocycles. The van der Waals surface area contributed by atoms with Crippen LogP contribution in [0.5, 0.6) is 5.75 Å². The second-order valence-electron chi connectivity index (χ2n) is 3.94. The first kappa shape index (κ1) is 16.4. The average Bonchev–Trinajstić information content (AvgIpc) is 2.42. The molecule has 8 heteroatoms. The normalized spacial score (nSPS) is 12.3. The zero-order valence-corrected chi connectivity index (χ0v) is 10.6. The van der Waals surface area contributed by atoms with Gasteiger partial charge in [-0.15, -0.1) is 0 Å². The lowest BCUT2D eigenvalue weighted by Gasteiger charge is -2.12. The number of benzene rings is 1. The van der Waals surface area contributed by atoms with E-state index in [1.165, 1.54) is 7.11 Å². The Morgan fingerprint density at radius 2 is 1.80 bits per heavy atom. The minimum absolute atomic E-state index is 0.0453. The van der Waals surface area contributed by atoms with Gasteiger partial charge in [-0.1, -0.05) is 0 Å². The van der Waals surface area contributed by atoms with E-state index in [9.17, 15) is 22.4 Å². The highest BCUT2D eigenvalue weighted by Crippen LogP contribution is 2.26. The molecular weight excluding hydrogens is 282 g/mol. The predicted molar refractivity (Wildman–Crippen MR) is 61.2 cm³/mol.